The van der Waals surface area contributed by atoms with E-state index in [0.717, 1.165) is 18.6 Å². The standard InChI is InChI=1S/C12H12F3N3O/c1-2-3-10-17-11(19-18-10)8-5-4-7(6-9(8)16)12(13,14)15/h4-6H,2-3,16H2,1H3. The third kappa shape index (κ3) is 2.86. The van der Waals surface area contributed by atoms with Gasteiger partial charge in [0.25, 0.3) is 5.89 Å². The van der Waals surface area contributed by atoms with Crippen molar-refractivity contribution < 1.29 is 17.7 Å². The molecule has 0 spiro atoms. The van der Waals surface area contributed by atoms with E-state index in [1.807, 2.05) is 6.92 Å². The molecule has 0 bridgehead atoms. The Kier molecular flexibility index (Phi) is 3.46. The number of hydrogen-bond donors (Lipinski definition) is 1. The number of hydrogen-bond acceptors (Lipinski definition) is 4. The van der Waals surface area contributed by atoms with E-state index in [1.165, 1.54) is 6.07 Å². The van der Waals surface area contributed by atoms with E-state index in [4.69, 9.17) is 10.3 Å². The summed E-state index contributed by atoms with van der Waals surface area (Å²) in [5, 5.41) is 3.73. The lowest BCUT2D eigenvalue weighted by molar-refractivity contribution is -0.137. The van der Waals surface area contributed by atoms with E-state index in [2.05, 4.69) is 10.1 Å². The van der Waals surface area contributed by atoms with Gasteiger partial charge in [-0.1, -0.05) is 12.1 Å². The largest absolute Gasteiger partial charge is 0.416 e. The van der Waals surface area contributed by atoms with Gasteiger partial charge in [-0.25, -0.2) is 0 Å². The van der Waals surface area contributed by atoms with Crippen LogP contribution in [0.1, 0.15) is 24.7 Å². The molecular formula is C12H12F3N3O. The monoisotopic (exact) mass is 271 g/mol. The summed E-state index contributed by atoms with van der Waals surface area (Å²) < 4.78 is 42.5. The predicted molar refractivity (Wildman–Crippen MR) is 63.1 cm³/mol. The van der Waals surface area contributed by atoms with Gasteiger partial charge in [0, 0.05) is 12.1 Å². The first kappa shape index (κ1) is 13.4. The number of benzene rings is 1. The fourth-order valence-electron chi connectivity index (χ4n) is 1.62. The molecule has 0 fully saturated rings. The van der Waals surface area contributed by atoms with Gasteiger partial charge in [0.15, 0.2) is 5.82 Å². The molecule has 0 aliphatic carbocycles. The molecule has 19 heavy (non-hydrogen) atoms. The van der Waals surface area contributed by atoms with Gasteiger partial charge in [0.05, 0.1) is 11.1 Å². The number of alkyl halides is 3. The van der Waals surface area contributed by atoms with Gasteiger partial charge in [0.2, 0.25) is 0 Å². The number of nitrogen functional groups attached to an aromatic ring is 1. The minimum Gasteiger partial charge on any atom is -0.398 e. The van der Waals surface area contributed by atoms with Crippen molar-refractivity contribution in [2.45, 2.75) is 25.9 Å². The lowest BCUT2D eigenvalue weighted by atomic mass is 10.1. The number of halogens is 3. The molecule has 0 amide bonds. The fraction of sp³-hybridized carbons (Fsp3) is 0.333. The van der Waals surface area contributed by atoms with E-state index < -0.39 is 11.7 Å². The van der Waals surface area contributed by atoms with Gasteiger partial charge in [0.1, 0.15) is 0 Å². The Bertz CT molecular complexity index is 578. The molecular weight excluding hydrogens is 259 g/mol. The van der Waals surface area contributed by atoms with Crippen molar-refractivity contribution in [2.24, 2.45) is 0 Å². The van der Waals surface area contributed by atoms with E-state index in [1.54, 1.807) is 0 Å². The van der Waals surface area contributed by atoms with Crippen molar-refractivity contribution in [3.05, 3.63) is 29.6 Å². The number of nitrogens with zero attached hydrogens (tertiary/aromatic N) is 2. The van der Waals surface area contributed by atoms with Crippen LogP contribution < -0.4 is 5.73 Å². The topological polar surface area (TPSA) is 64.9 Å². The summed E-state index contributed by atoms with van der Waals surface area (Å²) in [6, 6.07) is 3.04. The highest BCUT2D eigenvalue weighted by Gasteiger charge is 2.31. The average molecular weight is 271 g/mol. The van der Waals surface area contributed by atoms with Crippen molar-refractivity contribution in [1.82, 2.24) is 10.1 Å². The molecule has 4 nitrogen and oxygen atoms in total. The molecule has 0 atom stereocenters. The molecule has 2 rings (SSSR count). The quantitative estimate of drug-likeness (QED) is 0.870. The summed E-state index contributed by atoms with van der Waals surface area (Å²) in [7, 11) is 0. The third-order valence-electron chi connectivity index (χ3n) is 2.55. The first-order valence-corrected chi connectivity index (χ1v) is 5.71. The highest BCUT2D eigenvalue weighted by Crippen LogP contribution is 2.34. The maximum atomic E-state index is 12.5. The molecule has 7 heteroatoms. The molecule has 0 unspecified atom stereocenters. The third-order valence-corrected chi connectivity index (χ3v) is 2.55. The Morgan fingerprint density at radius 1 is 1.32 bits per heavy atom. The maximum Gasteiger partial charge on any atom is 0.416 e. The minimum atomic E-state index is -4.42. The van der Waals surface area contributed by atoms with Crippen molar-refractivity contribution in [2.75, 3.05) is 5.73 Å². The van der Waals surface area contributed by atoms with Gasteiger partial charge in [-0.05, 0) is 24.6 Å². The summed E-state index contributed by atoms with van der Waals surface area (Å²) in [4.78, 5) is 4.08. The molecule has 0 aliphatic rings. The first-order valence-electron chi connectivity index (χ1n) is 5.71. The van der Waals surface area contributed by atoms with Crippen LogP contribution in [0, 0.1) is 0 Å². The highest BCUT2D eigenvalue weighted by molar-refractivity contribution is 5.71. The minimum absolute atomic E-state index is 0.0403. The van der Waals surface area contributed by atoms with E-state index in [-0.39, 0.29) is 11.6 Å². The SMILES string of the molecule is CCCc1noc(-c2ccc(C(F)(F)F)cc2N)n1. The highest BCUT2D eigenvalue weighted by atomic mass is 19.4. The Morgan fingerprint density at radius 3 is 2.63 bits per heavy atom. The van der Waals surface area contributed by atoms with Crippen LogP contribution in [-0.4, -0.2) is 10.1 Å². The number of aryl methyl sites for hydroxylation is 1. The smallest absolute Gasteiger partial charge is 0.398 e. The zero-order chi connectivity index (χ0) is 14.0. The Labute approximate surface area is 107 Å². The summed E-state index contributed by atoms with van der Waals surface area (Å²) >= 11 is 0. The van der Waals surface area contributed by atoms with Crippen LogP contribution >= 0.6 is 0 Å². The van der Waals surface area contributed by atoms with Gasteiger partial charge in [-0.2, -0.15) is 18.2 Å². The van der Waals surface area contributed by atoms with Crippen LogP contribution in [0.15, 0.2) is 22.7 Å². The summed E-state index contributed by atoms with van der Waals surface area (Å²) in [5.41, 5.74) is 5.07. The van der Waals surface area contributed by atoms with Gasteiger partial charge < -0.3 is 10.3 Å². The summed E-state index contributed by atoms with van der Waals surface area (Å²) in [6.45, 7) is 1.96. The number of aromatic nitrogens is 2. The van der Waals surface area contributed by atoms with Crippen LogP contribution in [0.25, 0.3) is 11.5 Å². The Hall–Kier alpha value is -2.05. The van der Waals surface area contributed by atoms with Crippen LogP contribution in [0.3, 0.4) is 0 Å². The molecule has 1 heterocycles. The summed E-state index contributed by atoms with van der Waals surface area (Å²) in [5.74, 6) is 0.645. The predicted octanol–water partition coefficient (Wildman–Crippen LogP) is 3.29. The number of nitrogens with two attached hydrogens (primary N) is 1. The second kappa shape index (κ2) is 4.91. The fourth-order valence-corrected chi connectivity index (χ4v) is 1.62. The Balaban J connectivity index is 2.35. The average Bonchev–Trinajstić information content (AvgIpc) is 2.76. The summed E-state index contributed by atoms with van der Waals surface area (Å²) in [6.07, 6.45) is -2.93. The van der Waals surface area contributed by atoms with E-state index >= 15 is 0 Å². The molecule has 2 aromatic rings. The molecule has 102 valence electrons. The Morgan fingerprint density at radius 2 is 2.05 bits per heavy atom. The molecule has 1 aromatic carbocycles. The van der Waals surface area contributed by atoms with E-state index in [9.17, 15) is 13.2 Å². The molecule has 2 N–H and O–H groups in total. The van der Waals surface area contributed by atoms with Crippen molar-refractivity contribution in [1.29, 1.82) is 0 Å². The lowest BCUT2D eigenvalue weighted by Crippen LogP contribution is -2.06. The molecule has 0 saturated carbocycles. The zero-order valence-electron chi connectivity index (χ0n) is 10.2. The molecule has 0 saturated heterocycles. The van der Waals surface area contributed by atoms with Crippen molar-refractivity contribution in [3.8, 4) is 11.5 Å². The van der Waals surface area contributed by atoms with Crippen LogP contribution in [0.4, 0.5) is 18.9 Å². The van der Waals surface area contributed by atoms with Gasteiger partial charge in [-0.15, -0.1) is 0 Å². The van der Waals surface area contributed by atoms with Crippen LogP contribution in [0.2, 0.25) is 0 Å². The normalized spacial score (nSPS) is 11.8. The van der Waals surface area contributed by atoms with Gasteiger partial charge >= 0.3 is 6.18 Å². The van der Waals surface area contributed by atoms with E-state index in [0.29, 0.717) is 17.8 Å². The van der Waals surface area contributed by atoms with Crippen molar-refractivity contribution >= 4 is 5.69 Å². The molecule has 0 aliphatic heterocycles. The number of anilines is 1. The first-order chi connectivity index (χ1) is 8.91. The zero-order valence-corrected chi connectivity index (χ0v) is 10.2. The molecule has 0 radical (unpaired) electrons. The molecule has 1 aromatic heterocycles. The van der Waals surface area contributed by atoms with Crippen LogP contribution in [0.5, 0.6) is 0 Å². The number of rotatable bonds is 3. The second-order valence-corrected chi connectivity index (χ2v) is 4.07. The van der Waals surface area contributed by atoms with Crippen LogP contribution in [-0.2, 0) is 12.6 Å². The maximum absolute atomic E-state index is 12.5. The van der Waals surface area contributed by atoms with Crippen molar-refractivity contribution in [3.63, 3.8) is 0 Å². The second-order valence-electron chi connectivity index (χ2n) is 4.07. The van der Waals surface area contributed by atoms with Gasteiger partial charge in [-0.3, -0.25) is 0 Å². The lowest BCUT2D eigenvalue weighted by Gasteiger charge is -2.08.